The van der Waals surface area contributed by atoms with Crippen molar-refractivity contribution in [1.29, 1.82) is 0 Å². The van der Waals surface area contributed by atoms with E-state index in [9.17, 15) is 14.4 Å². The van der Waals surface area contributed by atoms with Crippen LogP contribution < -0.4 is 5.32 Å². The van der Waals surface area contributed by atoms with Crippen LogP contribution in [0.5, 0.6) is 0 Å². The van der Waals surface area contributed by atoms with Gasteiger partial charge in [0.2, 0.25) is 0 Å². The molecule has 0 unspecified atom stereocenters. The summed E-state index contributed by atoms with van der Waals surface area (Å²) < 4.78 is 9.61. The lowest BCUT2D eigenvalue weighted by Gasteiger charge is -2.05. The molecule has 0 aromatic heterocycles. The van der Waals surface area contributed by atoms with Crippen LogP contribution in [0.1, 0.15) is 38.3 Å². The predicted octanol–water partition coefficient (Wildman–Crippen LogP) is 2.67. The number of alkyl carbamates (subject to hydrolysis) is 1. The average Bonchev–Trinajstić information content (AvgIpc) is 2.94. The first-order valence-corrected chi connectivity index (χ1v) is 7.97. The van der Waals surface area contributed by atoms with Crippen LogP contribution in [-0.2, 0) is 16.1 Å². The van der Waals surface area contributed by atoms with E-state index in [1.165, 1.54) is 12.1 Å². The van der Waals surface area contributed by atoms with Gasteiger partial charge in [-0.1, -0.05) is 42.2 Å². The van der Waals surface area contributed by atoms with Crippen LogP contribution in [-0.4, -0.2) is 24.6 Å². The van der Waals surface area contributed by atoms with Gasteiger partial charge in [0.25, 0.3) is 0 Å². The molecule has 0 aliphatic carbocycles. The predicted molar refractivity (Wildman–Crippen MR) is 92.3 cm³/mol. The molecule has 6 heteroatoms. The van der Waals surface area contributed by atoms with Crippen LogP contribution in [0.2, 0.25) is 0 Å². The summed E-state index contributed by atoms with van der Waals surface area (Å²) in [7, 11) is 0. The van der Waals surface area contributed by atoms with Gasteiger partial charge in [-0.25, -0.2) is 14.4 Å². The summed E-state index contributed by atoms with van der Waals surface area (Å²) in [4.78, 5) is 34.4. The van der Waals surface area contributed by atoms with Crippen LogP contribution in [0.15, 0.2) is 48.5 Å². The zero-order valence-electron chi connectivity index (χ0n) is 13.8. The third-order valence-electron chi connectivity index (χ3n) is 3.61. The molecule has 6 nitrogen and oxygen atoms in total. The Morgan fingerprint density at radius 2 is 1.81 bits per heavy atom. The summed E-state index contributed by atoms with van der Waals surface area (Å²) in [6.07, 6.45) is -0.0876. The summed E-state index contributed by atoms with van der Waals surface area (Å²) in [5.74, 6) is 4.48. The number of benzene rings is 2. The third kappa shape index (κ3) is 4.28. The normalized spacial score (nSPS) is 11.8. The maximum atomic E-state index is 11.6. The smallest absolute Gasteiger partial charge is 0.407 e. The van der Waals surface area contributed by atoms with Gasteiger partial charge in [0, 0.05) is 18.5 Å². The highest BCUT2D eigenvalue weighted by Crippen LogP contribution is 2.20. The molecule has 3 rings (SSSR count). The minimum atomic E-state index is -0.656. The van der Waals surface area contributed by atoms with E-state index in [4.69, 9.17) is 4.74 Å². The van der Waals surface area contributed by atoms with E-state index in [0.29, 0.717) is 18.5 Å². The van der Waals surface area contributed by atoms with Crippen molar-refractivity contribution < 1.29 is 23.9 Å². The lowest BCUT2D eigenvalue weighted by atomic mass is 10.1. The first-order valence-electron chi connectivity index (χ1n) is 7.97. The van der Waals surface area contributed by atoms with Gasteiger partial charge in [0.1, 0.15) is 6.61 Å². The molecule has 0 spiro atoms. The van der Waals surface area contributed by atoms with E-state index in [-0.39, 0.29) is 17.7 Å². The Morgan fingerprint density at radius 1 is 1.04 bits per heavy atom. The fourth-order valence-electron chi connectivity index (χ4n) is 2.33. The molecule has 26 heavy (non-hydrogen) atoms. The highest BCUT2D eigenvalue weighted by atomic mass is 16.6. The summed E-state index contributed by atoms with van der Waals surface area (Å²) in [6, 6.07) is 14.1. The van der Waals surface area contributed by atoms with Crippen LogP contribution in [0.25, 0.3) is 0 Å². The zero-order chi connectivity index (χ0) is 18.4. The van der Waals surface area contributed by atoms with E-state index >= 15 is 0 Å². The number of ether oxygens (including phenoxy) is 2. The molecule has 1 amide bonds. The Hall–Kier alpha value is -3.59. The van der Waals surface area contributed by atoms with Crippen molar-refractivity contribution in [2.75, 3.05) is 6.54 Å². The number of amides is 1. The quantitative estimate of drug-likeness (QED) is 0.397. The number of esters is 2. The maximum Gasteiger partial charge on any atom is 0.407 e. The largest absolute Gasteiger partial charge is 0.445 e. The fraction of sp³-hybridized carbons (Fsp3) is 0.150. The SMILES string of the molecule is O=C(NCCC#Cc1ccc2c(c1)C(=O)OC2=O)OCc1ccccc1. The summed E-state index contributed by atoms with van der Waals surface area (Å²) in [6.45, 7) is 0.550. The Labute approximate surface area is 150 Å². The van der Waals surface area contributed by atoms with E-state index in [1.807, 2.05) is 30.3 Å². The first kappa shape index (κ1) is 17.2. The first-order chi connectivity index (χ1) is 12.6. The molecular weight excluding hydrogens is 334 g/mol. The molecule has 1 aliphatic rings. The van der Waals surface area contributed by atoms with Crippen molar-refractivity contribution in [3.8, 4) is 11.8 Å². The van der Waals surface area contributed by atoms with Crippen molar-refractivity contribution in [3.05, 3.63) is 70.8 Å². The fourth-order valence-corrected chi connectivity index (χ4v) is 2.33. The lowest BCUT2D eigenvalue weighted by molar-refractivity contribution is 0.0443. The van der Waals surface area contributed by atoms with Crippen molar-refractivity contribution in [2.45, 2.75) is 13.0 Å². The number of rotatable bonds is 4. The molecule has 1 aliphatic heterocycles. The van der Waals surface area contributed by atoms with Gasteiger partial charge in [-0.05, 0) is 23.8 Å². The monoisotopic (exact) mass is 349 g/mol. The highest BCUT2D eigenvalue weighted by Gasteiger charge is 2.29. The van der Waals surface area contributed by atoms with Crippen LogP contribution >= 0.6 is 0 Å². The standard InChI is InChI=1S/C20H15NO5/c22-18-16-10-9-14(12-17(16)19(23)26-18)6-4-5-11-21-20(24)25-13-15-7-2-1-3-8-15/h1-3,7-10,12H,5,11,13H2,(H,21,24). The molecule has 0 fully saturated rings. The number of hydrogen-bond acceptors (Lipinski definition) is 5. The van der Waals surface area contributed by atoms with E-state index in [2.05, 4.69) is 21.9 Å². The van der Waals surface area contributed by atoms with E-state index in [1.54, 1.807) is 6.07 Å². The Balaban J connectivity index is 1.43. The van der Waals surface area contributed by atoms with Crippen molar-refractivity contribution in [2.24, 2.45) is 0 Å². The third-order valence-corrected chi connectivity index (χ3v) is 3.61. The van der Waals surface area contributed by atoms with Crippen molar-refractivity contribution >= 4 is 18.0 Å². The van der Waals surface area contributed by atoms with Crippen LogP contribution in [0.3, 0.4) is 0 Å². The summed E-state index contributed by atoms with van der Waals surface area (Å²) >= 11 is 0. The minimum absolute atomic E-state index is 0.211. The van der Waals surface area contributed by atoms with Crippen molar-refractivity contribution in [3.63, 3.8) is 0 Å². The molecule has 1 N–H and O–H groups in total. The van der Waals surface area contributed by atoms with Gasteiger partial charge in [-0.2, -0.15) is 0 Å². The average molecular weight is 349 g/mol. The minimum Gasteiger partial charge on any atom is -0.445 e. The molecule has 0 bridgehead atoms. The Bertz CT molecular complexity index is 909. The van der Waals surface area contributed by atoms with Gasteiger partial charge < -0.3 is 14.8 Å². The molecule has 0 radical (unpaired) electrons. The molecule has 2 aromatic rings. The number of nitrogens with one attached hydrogen (secondary N) is 1. The molecule has 0 atom stereocenters. The molecule has 0 saturated heterocycles. The number of carbonyl (C=O) groups is 3. The van der Waals surface area contributed by atoms with Gasteiger partial charge in [-0.15, -0.1) is 0 Å². The topological polar surface area (TPSA) is 81.7 Å². The summed E-state index contributed by atoms with van der Waals surface area (Å²) in [5, 5.41) is 2.61. The van der Waals surface area contributed by atoms with Crippen LogP contribution in [0, 0.1) is 11.8 Å². The van der Waals surface area contributed by atoms with Gasteiger partial charge in [-0.3, -0.25) is 0 Å². The second kappa shape index (κ2) is 7.99. The number of carbonyl (C=O) groups excluding carboxylic acids is 3. The molecular formula is C20H15NO5. The Kier molecular flexibility index (Phi) is 5.30. The molecule has 130 valence electrons. The van der Waals surface area contributed by atoms with E-state index in [0.717, 1.165) is 5.56 Å². The number of fused-ring (bicyclic) bond motifs is 1. The van der Waals surface area contributed by atoms with E-state index < -0.39 is 18.0 Å². The highest BCUT2D eigenvalue weighted by molar-refractivity contribution is 6.14. The number of hydrogen-bond donors (Lipinski definition) is 1. The second-order valence-electron chi connectivity index (χ2n) is 5.48. The lowest BCUT2D eigenvalue weighted by Crippen LogP contribution is -2.24. The maximum absolute atomic E-state index is 11.6. The zero-order valence-corrected chi connectivity index (χ0v) is 13.8. The molecule has 1 heterocycles. The molecule has 2 aromatic carbocycles. The van der Waals surface area contributed by atoms with Gasteiger partial charge in [0.05, 0.1) is 11.1 Å². The second-order valence-corrected chi connectivity index (χ2v) is 5.48. The van der Waals surface area contributed by atoms with Gasteiger partial charge >= 0.3 is 18.0 Å². The van der Waals surface area contributed by atoms with Crippen LogP contribution in [0.4, 0.5) is 4.79 Å². The van der Waals surface area contributed by atoms with Crippen molar-refractivity contribution in [1.82, 2.24) is 5.32 Å². The Morgan fingerprint density at radius 3 is 2.62 bits per heavy atom. The summed E-state index contributed by atoms with van der Waals surface area (Å²) in [5.41, 5.74) is 1.99. The van der Waals surface area contributed by atoms with Gasteiger partial charge in [0.15, 0.2) is 0 Å². The number of cyclic esters (lactones) is 2. The molecule has 0 saturated carbocycles.